The lowest BCUT2D eigenvalue weighted by Crippen LogP contribution is -2.44. The van der Waals surface area contributed by atoms with E-state index in [0.717, 1.165) is 31.3 Å². The van der Waals surface area contributed by atoms with Crippen molar-refractivity contribution in [2.24, 2.45) is 10.9 Å². The van der Waals surface area contributed by atoms with Crippen molar-refractivity contribution >= 4 is 41.3 Å². The van der Waals surface area contributed by atoms with E-state index >= 15 is 0 Å². The molecule has 1 aliphatic rings. The molecule has 3 rings (SSSR count). The first-order valence-electron chi connectivity index (χ1n) is 10.3. The maximum Gasteiger partial charge on any atom is 0.191 e. The first kappa shape index (κ1) is 24.1. The molecule has 0 aromatic carbocycles. The smallest absolute Gasteiger partial charge is 0.191 e. The molecule has 2 atom stereocenters. The Labute approximate surface area is 196 Å². The summed E-state index contributed by atoms with van der Waals surface area (Å²) >= 11 is 1.85. The first-order chi connectivity index (χ1) is 13.6. The molecule has 0 saturated carbocycles. The topological polar surface area (TPSA) is 57.5 Å². The minimum absolute atomic E-state index is 0. The molecule has 1 aliphatic heterocycles. The van der Waals surface area contributed by atoms with Gasteiger partial charge in [-0.05, 0) is 63.2 Å². The average Bonchev–Trinajstić information content (AvgIpc) is 3.42. The number of nitrogens with zero attached hydrogens (tertiary/aromatic N) is 4. The van der Waals surface area contributed by atoms with Gasteiger partial charge in [-0.3, -0.25) is 14.6 Å². The normalized spacial score (nSPS) is 17.0. The molecule has 1 fully saturated rings. The fourth-order valence-electron chi connectivity index (χ4n) is 3.85. The van der Waals surface area contributed by atoms with E-state index in [2.05, 4.69) is 67.7 Å². The van der Waals surface area contributed by atoms with E-state index in [1.807, 2.05) is 25.3 Å². The van der Waals surface area contributed by atoms with Gasteiger partial charge >= 0.3 is 0 Å². The lowest BCUT2D eigenvalue weighted by molar-refractivity contribution is 0.249. The summed E-state index contributed by atoms with van der Waals surface area (Å²) < 4.78 is 2.10. The van der Waals surface area contributed by atoms with Crippen LogP contribution in [0.4, 0.5) is 0 Å². The van der Waals surface area contributed by atoms with Gasteiger partial charge in [0, 0.05) is 37.3 Å². The molecule has 29 heavy (non-hydrogen) atoms. The molecule has 0 bridgehead atoms. The Morgan fingerprint density at radius 3 is 2.55 bits per heavy atom. The van der Waals surface area contributed by atoms with Gasteiger partial charge < -0.3 is 10.6 Å². The fraction of sp³-hybridized carbons (Fsp3) is 0.619. The Bertz CT molecular complexity index is 751. The Balaban J connectivity index is 0.00000300. The highest BCUT2D eigenvalue weighted by atomic mass is 127. The van der Waals surface area contributed by atoms with E-state index in [-0.39, 0.29) is 24.0 Å². The van der Waals surface area contributed by atoms with Crippen LogP contribution < -0.4 is 10.6 Å². The van der Waals surface area contributed by atoms with Crippen LogP contribution in [0.5, 0.6) is 0 Å². The van der Waals surface area contributed by atoms with Crippen LogP contribution >= 0.6 is 35.3 Å². The standard InChI is InChI=1S/C21H34N6S.HI/c1-16(15-27-18(3)12-17(2)25-27)13-23-21(22-4)24-14-19(20-8-7-11-28-20)26-9-5-6-10-26;/h7-8,11-12,16,19H,5-6,9-10,13-15H2,1-4H3,(H2,22,23,24);1H. The number of likely N-dealkylation sites (tertiary alicyclic amines) is 1. The Morgan fingerprint density at radius 1 is 1.24 bits per heavy atom. The average molecular weight is 531 g/mol. The summed E-state index contributed by atoms with van der Waals surface area (Å²) in [4.78, 5) is 8.45. The Morgan fingerprint density at radius 2 is 1.97 bits per heavy atom. The van der Waals surface area contributed by atoms with E-state index in [0.29, 0.717) is 12.0 Å². The third-order valence-corrected chi connectivity index (χ3v) is 6.32. The molecule has 6 nitrogen and oxygen atoms in total. The summed E-state index contributed by atoms with van der Waals surface area (Å²) in [5.74, 6) is 1.34. The highest BCUT2D eigenvalue weighted by Crippen LogP contribution is 2.27. The van der Waals surface area contributed by atoms with Gasteiger partial charge in [0.1, 0.15) is 0 Å². The SMILES string of the molecule is CN=C(NCC(C)Cn1nc(C)cc1C)NCC(c1cccs1)N1CCCC1.I. The third kappa shape index (κ3) is 6.96. The van der Waals surface area contributed by atoms with E-state index in [1.165, 1.54) is 36.5 Å². The molecule has 1 saturated heterocycles. The number of rotatable bonds is 8. The summed E-state index contributed by atoms with van der Waals surface area (Å²) in [7, 11) is 1.84. The molecule has 162 valence electrons. The highest BCUT2D eigenvalue weighted by Gasteiger charge is 2.24. The van der Waals surface area contributed by atoms with Gasteiger partial charge in [-0.15, -0.1) is 35.3 Å². The minimum Gasteiger partial charge on any atom is -0.356 e. The van der Waals surface area contributed by atoms with Crippen LogP contribution in [0.2, 0.25) is 0 Å². The zero-order chi connectivity index (χ0) is 19.9. The van der Waals surface area contributed by atoms with E-state index in [1.54, 1.807) is 0 Å². The molecular weight excluding hydrogens is 495 g/mol. The molecule has 2 aromatic rings. The van der Waals surface area contributed by atoms with Crippen molar-refractivity contribution in [3.8, 4) is 0 Å². The number of thiophene rings is 1. The van der Waals surface area contributed by atoms with Crippen LogP contribution in [0.15, 0.2) is 28.6 Å². The molecular formula is C21H35IN6S. The van der Waals surface area contributed by atoms with Gasteiger partial charge in [-0.25, -0.2) is 0 Å². The van der Waals surface area contributed by atoms with Crippen molar-refractivity contribution in [1.82, 2.24) is 25.3 Å². The van der Waals surface area contributed by atoms with Crippen molar-refractivity contribution in [3.63, 3.8) is 0 Å². The third-order valence-electron chi connectivity index (χ3n) is 5.35. The lowest BCUT2D eigenvalue weighted by atomic mass is 10.2. The van der Waals surface area contributed by atoms with Crippen molar-refractivity contribution in [3.05, 3.63) is 39.8 Å². The summed E-state index contributed by atoms with van der Waals surface area (Å²) in [6.45, 7) is 11.4. The summed E-state index contributed by atoms with van der Waals surface area (Å²) in [5.41, 5.74) is 2.30. The summed E-state index contributed by atoms with van der Waals surface area (Å²) in [6, 6.07) is 6.95. The van der Waals surface area contributed by atoms with Gasteiger partial charge in [0.15, 0.2) is 5.96 Å². The zero-order valence-electron chi connectivity index (χ0n) is 18.0. The number of hydrogen-bond donors (Lipinski definition) is 2. The van der Waals surface area contributed by atoms with Crippen LogP contribution in [0.25, 0.3) is 0 Å². The van der Waals surface area contributed by atoms with Crippen molar-refractivity contribution in [2.75, 3.05) is 33.2 Å². The zero-order valence-corrected chi connectivity index (χ0v) is 21.2. The monoisotopic (exact) mass is 530 g/mol. The quantitative estimate of drug-likeness (QED) is 0.310. The minimum atomic E-state index is 0. The van der Waals surface area contributed by atoms with Crippen LogP contribution in [-0.4, -0.2) is 53.9 Å². The van der Waals surface area contributed by atoms with E-state index < -0.39 is 0 Å². The Hall–Kier alpha value is -1.13. The van der Waals surface area contributed by atoms with Gasteiger partial charge in [-0.2, -0.15) is 5.10 Å². The largest absolute Gasteiger partial charge is 0.356 e. The maximum absolute atomic E-state index is 4.57. The number of aromatic nitrogens is 2. The second kappa shape index (κ2) is 11.9. The van der Waals surface area contributed by atoms with Gasteiger partial charge in [0.05, 0.1) is 11.7 Å². The maximum atomic E-state index is 4.57. The summed E-state index contributed by atoms with van der Waals surface area (Å²) in [6.07, 6.45) is 2.61. The number of guanidine groups is 1. The van der Waals surface area contributed by atoms with Gasteiger partial charge in [0.25, 0.3) is 0 Å². The molecule has 0 spiro atoms. The predicted molar refractivity (Wildman–Crippen MR) is 134 cm³/mol. The molecule has 2 aromatic heterocycles. The molecule has 2 unspecified atom stereocenters. The highest BCUT2D eigenvalue weighted by molar-refractivity contribution is 14.0. The van der Waals surface area contributed by atoms with Gasteiger partial charge in [-0.1, -0.05) is 13.0 Å². The van der Waals surface area contributed by atoms with Gasteiger partial charge in [0.2, 0.25) is 0 Å². The van der Waals surface area contributed by atoms with Crippen LogP contribution in [0.1, 0.15) is 42.1 Å². The van der Waals surface area contributed by atoms with E-state index in [4.69, 9.17) is 0 Å². The predicted octanol–water partition coefficient (Wildman–Crippen LogP) is 3.82. The molecule has 0 aliphatic carbocycles. The second-order valence-corrected chi connectivity index (χ2v) is 8.80. The number of halogens is 1. The van der Waals surface area contributed by atoms with Crippen molar-refractivity contribution in [1.29, 1.82) is 0 Å². The molecule has 0 radical (unpaired) electrons. The van der Waals surface area contributed by atoms with Crippen LogP contribution in [-0.2, 0) is 6.54 Å². The molecule has 3 heterocycles. The van der Waals surface area contributed by atoms with Crippen LogP contribution in [0.3, 0.4) is 0 Å². The Kier molecular flexibility index (Phi) is 9.91. The number of aliphatic imine (C=N–C) groups is 1. The number of hydrogen-bond acceptors (Lipinski definition) is 4. The molecule has 8 heteroatoms. The molecule has 0 amide bonds. The van der Waals surface area contributed by atoms with Crippen molar-refractivity contribution in [2.45, 2.75) is 46.2 Å². The summed E-state index contributed by atoms with van der Waals surface area (Å²) in [5, 5.41) is 13.8. The fourth-order valence-corrected chi connectivity index (χ4v) is 4.71. The lowest BCUT2D eigenvalue weighted by Gasteiger charge is -2.28. The molecule has 2 N–H and O–H groups in total. The first-order valence-corrected chi connectivity index (χ1v) is 11.2. The van der Waals surface area contributed by atoms with Crippen LogP contribution in [0, 0.1) is 19.8 Å². The number of nitrogens with one attached hydrogen (secondary N) is 2. The van der Waals surface area contributed by atoms with E-state index in [9.17, 15) is 0 Å². The van der Waals surface area contributed by atoms with Crippen molar-refractivity contribution < 1.29 is 0 Å². The second-order valence-electron chi connectivity index (χ2n) is 7.82. The number of aryl methyl sites for hydroxylation is 2.